The number of hydrogen-bond acceptors (Lipinski definition) is 7. The molecule has 3 unspecified atom stereocenters. The smallest absolute Gasteiger partial charge is 0.408 e. The van der Waals surface area contributed by atoms with Gasteiger partial charge < -0.3 is 25.6 Å². The highest BCUT2D eigenvalue weighted by atomic mass is 16.6. The number of Topliss-reactive ketones (excluding diaryl/α,β-unsaturated/α-hetero) is 2. The van der Waals surface area contributed by atoms with Gasteiger partial charge in [-0.2, -0.15) is 0 Å². The van der Waals surface area contributed by atoms with Gasteiger partial charge in [-0.05, 0) is 62.7 Å². The second kappa shape index (κ2) is 14.8. The molecule has 47 heavy (non-hydrogen) atoms. The SMILES string of the molecule is C=CCCC(NC(=O)C1[C@@H]2C(CN1C(=O)[C@@H](NC(=O)OC(C)(C)C)C(C)(C)C)C2(C)C)C(=O)C(=O)NCCCC(=O)c1ccccc1. The summed E-state index contributed by atoms with van der Waals surface area (Å²) in [5, 5.41) is 8.07. The zero-order chi connectivity index (χ0) is 35.3. The third-order valence-corrected chi connectivity index (χ3v) is 9.01. The molecule has 258 valence electrons. The molecule has 1 heterocycles. The number of amides is 4. The van der Waals surface area contributed by atoms with Crippen LogP contribution in [0.15, 0.2) is 43.0 Å². The lowest BCUT2D eigenvalue weighted by Gasteiger charge is -2.38. The first-order valence-electron chi connectivity index (χ1n) is 16.4. The zero-order valence-electron chi connectivity index (χ0n) is 29.1. The first-order valence-corrected chi connectivity index (χ1v) is 16.4. The van der Waals surface area contributed by atoms with E-state index in [2.05, 4.69) is 22.5 Å². The minimum atomic E-state index is -1.14. The van der Waals surface area contributed by atoms with E-state index in [1.807, 2.05) is 40.7 Å². The largest absolute Gasteiger partial charge is 0.444 e. The molecule has 0 bridgehead atoms. The minimum Gasteiger partial charge on any atom is -0.444 e. The molecule has 1 aliphatic heterocycles. The number of piperidine rings is 1. The first-order chi connectivity index (χ1) is 21.8. The van der Waals surface area contributed by atoms with Crippen molar-refractivity contribution in [2.45, 2.75) is 105 Å². The molecule has 11 heteroatoms. The Morgan fingerprint density at radius 3 is 2.23 bits per heavy atom. The van der Waals surface area contributed by atoms with Crippen LogP contribution in [0.3, 0.4) is 0 Å². The van der Waals surface area contributed by atoms with Crippen LogP contribution in [-0.2, 0) is 23.9 Å². The third-order valence-electron chi connectivity index (χ3n) is 9.01. The van der Waals surface area contributed by atoms with Crippen LogP contribution in [0, 0.1) is 22.7 Å². The Balaban J connectivity index is 1.71. The molecule has 0 radical (unpaired) electrons. The van der Waals surface area contributed by atoms with Gasteiger partial charge in [0.05, 0.1) is 6.04 Å². The van der Waals surface area contributed by atoms with E-state index in [0.29, 0.717) is 24.9 Å². The number of ether oxygens (including phenoxy) is 1. The molecule has 3 rings (SSSR count). The molecule has 3 N–H and O–H groups in total. The topological polar surface area (TPSA) is 151 Å². The number of benzene rings is 1. The van der Waals surface area contributed by atoms with E-state index in [0.717, 1.165) is 0 Å². The van der Waals surface area contributed by atoms with Crippen molar-refractivity contribution in [3.8, 4) is 0 Å². The molecule has 2 aliphatic rings. The lowest BCUT2D eigenvalue weighted by atomic mass is 9.85. The predicted octanol–water partition coefficient (Wildman–Crippen LogP) is 4.21. The fourth-order valence-corrected chi connectivity index (χ4v) is 6.33. The average molecular weight is 653 g/mol. The highest BCUT2D eigenvalue weighted by Gasteiger charge is 2.70. The summed E-state index contributed by atoms with van der Waals surface area (Å²) in [7, 11) is 0. The van der Waals surface area contributed by atoms with Gasteiger partial charge in [0.15, 0.2) is 5.78 Å². The Morgan fingerprint density at radius 2 is 1.66 bits per heavy atom. The number of rotatable bonds is 14. The van der Waals surface area contributed by atoms with Gasteiger partial charge in [-0.25, -0.2) is 4.79 Å². The Hall–Kier alpha value is -4.02. The summed E-state index contributed by atoms with van der Waals surface area (Å²) in [6.07, 6.45) is 1.93. The van der Waals surface area contributed by atoms with Gasteiger partial charge in [0.2, 0.25) is 17.6 Å². The normalized spacial score (nSPS) is 21.0. The molecule has 4 amide bonds. The van der Waals surface area contributed by atoms with Crippen molar-refractivity contribution in [2.75, 3.05) is 13.1 Å². The highest BCUT2D eigenvalue weighted by molar-refractivity contribution is 6.38. The van der Waals surface area contributed by atoms with Gasteiger partial charge >= 0.3 is 6.09 Å². The van der Waals surface area contributed by atoms with Crippen molar-refractivity contribution in [1.82, 2.24) is 20.9 Å². The van der Waals surface area contributed by atoms with Crippen molar-refractivity contribution in [3.05, 3.63) is 48.6 Å². The van der Waals surface area contributed by atoms with E-state index >= 15 is 0 Å². The van der Waals surface area contributed by atoms with Crippen molar-refractivity contribution in [3.63, 3.8) is 0 Å². The molecule has 1 aliphatic carbocycles. The van der Waals surface area contributed by atoms with Gasteiger partial charge in [-0.15, -0.1) is 6.58 Å². The van der Waals surface area contributed by atoms with Gasteiger partial charge in [0, 0.05) is 25.1 Å². The van der Waals surface area contributed by atoms with Gasteiger partial charge in [0.25, 0.3) is 5.91 Å². The van der Waals surface area contributed by atoms with E-state index in [4.69, 9.17) is 4.74 Å². The number of carbonyl (C=O) groups excluding carboxylic acids is 6. The Kier molecular flexibility index (Phi) is 11.8. The summed E-state index contributed by atoms with van der Waals surface area (Å²) in [5.74, 6) is -2.75. The van der Waals surface area contributed by atoms with E-state index in [1.165, 1.54) is 4.90 Å². The van der Waals surface area contributed by atoms with Crippen LogP contribution in [0.4, 0.5) is 4.79 Å². The number of nitrogens with zero attached hydrogens (tertiary/aromatic N) is 1. The summed E-state index contributed by atoms with van der Waals surface area (Å²) >= 11 is 0. The van der Waals surface area contributed by atoms with Crippen LogP contribution in [0.5, 0.6) is 0 Å². The summed E-state index contributed by atoms with van der Waals surface area (Å²) in [4.78, 5) is 80.8. The fourth-order valence-electron chi connectivity index (χ4n) is 6.33. The van der Waals surface area contributed by atoms with Crippen molar-refractivity contribution in [1.29, 1.82) is 0 Å². The van der Waals surface area contributed by atoms with Crippen LogP contribution >= 0.6 is 0 Å². The monoisotopic (exact) mass is 652 g/mol. The standard InChI is InChI=1S/C36H52N4O7/c1-10-11-18-24(28(42)31(44)37-20-15-19-25(41)22-16-13-12-14-17-22)38-30(43)27-26-23(36(26,8)9)21-40(27)32(45)29(34(2,3)4)39-33(46)47-35(5,6)7/h10,12-14,16-17,23-24,26-27,29H,1,11,15,18-21H2,2-9H3,(H,37,44)(H,38,43)(H,39,46)/t23?,24?,26-,27?,29+/m0/s1. The second-order valence-electron chi connectivity index (χ2n) is 15.3. The van der Waals surface area contributed by atoms with Crippen LogP contribution in [0.1, 0.15) is 91.4 Å². The molecule has 0 spiro atoms. The Morgan fingerprint density at radius 1 is 1.02 bits per heavy atom. The van der Waals surface area contributed by atoms with Crippen LogP contribution < -0.4 is 16.0 Å². The molecular weight excluding hydrogens is 600 g/mol. The lowest BCUT2D eigenvalue weighted by Crippen LogP contribution is -2.60. The van der Waals surface area contributed by atoms with E-state index in [-0.39, 0.29) is 42.4 Å². The number of hydrogen-bond donors (Lipinski definition) is 3. The Bertz CT molecular complexity index is 1360. The molecule has 5 atom stereocenters. The predicted molar refractivity (Wildman–Crippen MR) is 178 cm³/mol. The number of fused-ring (bicyclic) bond motifs is 1. The van der Waals surface area contributed by atoms with Crippen LogP contribution in [0.25, 0.3) is 0 Å². The molecule has 0 aromatic heterocycles. The van der Waals surface area contributed by atoms with Gasteiger partial charge in [-0.1, -0.05) is 71.0 Å². The van der Waals surface area contributed by atoms with Crippen LogP contribution in [-0.4, -0.2) is 77.1 Å². The maximum absolute atomic E-state index is 14.1. The maximum atomic E-state index is 14.1. The van der Waals surface area contributed by atoms with E-state index in [9.17, 15) is 28.8 Å². The summed E-state index contributed by atoms with van der Waals surface area (Å²) < 4.78 is 5.42. The van der Waals surface area contributed by atoms with Crippen molar-refractivity contribution >= 4 is 35.4 Å². The van der Waals surface area contributed by atoms with Gasteiger partial charge in [0.1, 0.15) is 17.7 Å². The second-order valence-corrected chi connectivity index (χ2v) is 15.3. The zero-order valence-corrected chi connectivity index (χ0v) is 29.1. The number of carbonyl (C=O) groups is 6. The van der Waals surface area contributed by atoms with E-state index in [1.54, 1.807) is 51.1 Å². The maximum Gasteiger partial charge on any atom is 0.408 e. The average Bonchev–Trinajstić information content (AvgIpc) is 3.29. The molecule has 1 aromatic rings. The highest BCUT2D eigenvalue weighted by Crippen LogP contribution is 2.65. The quantitative estimate of drug-likeness (QED) is 0.118. The molecule has 11 nitrogen and oxygen atoms in total. The third kappa shape index (κ3) is 9.51. The number of likely N-dealkylation sites (tertiary alicyclic amines) is 1. The van der Waals surface area contributed by atoms with Crippen molar-refractivity contribution < 1.29 is 33.5 Å². The summed E-state index contributed by atoms with van der Waals surface area (Å²) in [6, 6.07) is 5.82. The molecular formula is C36H52N4O7. The van der Waals surface area contributed by atoms with Crippen molar-refractivity contribution in [2.24, 2.45) is 22.7 Å². The molecule has 1 saturated heterocycles. The minimum absolute atomic E-state index is 0.0609. The number of ketones is 2. The van der Waals surface area contributed by atoms with E-state index < -0.39 is 58.7 Å². The molecule has 1 aromatic carbocycles. The summed E-state index contributed by atoms with van der Waals surface area (Å²) in [6.45, 7) is 18.9. The number of nitrogens with one attached hydrogen (secondary N) is 3. The lowest BCUT2D eigenvalue weighted by molar-refractivity contribution is -0.145. The number of allylic oxidation sites excluding steroid dienone is 1. The fraction of sp³-hybridized carbons (Fsp3) is 0.611. The van der Waals surface area contributed by atoms with Gasteiger partial charge in [-0.3, -0.25) is 24.0 Å². The number of alkyl carbamates (subject to hydrolysis) is 1. The molecule has 1 saturated carbocycles. The molecule has 2 fully saturated rings. The van der Waals surface area contributed by atoms with Crippen LogP contribution in [0.2, 0.25) is 0 Å². The first kappa shape index (κ1) is 37.4. The summed E-state index contributed by atoms with van der Waals surface area (Å²) in [5.41, 5.74) is -1.10. The Labute approximate surface area is 278 Å².